The van der Waals surface area contributed by atoms with Crippen LogP contribution in [0.25, 0.3) is 33.4 Å². The lowest BCUT2D eigenvalue weighted by Gasteiger charge is -2.41. The molecule has 4 fully saturated rings. The van der Waals surface area contributed by atoms with Crippen LogP contribution in [0.4, 0.5) is 27.5 Å². The second kappa shape index (κ2) is 47.4. The number of piperidine rings is 4. The fraction of sp³-hybridized carbons (Fsp3) is 0.645. The van der Waals surface area contributed by atoms with Crippen LogP contribution in [0.1, 0.15) is 378 Å². The first-order chi connectivity index (χ1) is 68.1. The van der Waals surface area contributed by atoms with Gasteiger partial charge in [0.25, 0.3) is 0 Å². The number of hydrogen-bond acceptors (Lipinski definition) is 23. The third-order valence-corrected chi connectivity index (χ3v) is 29.7. The Bertz CT molecular complexity index is 5820. The number of aromatic nitrogens is 4. The van der Waals surface area contributed by atoms with Crippen LogP contribution in [0.5, 0.6) is 0 Å². The van der Waals surface area contributed by atoms with Crippen LogP contribution in [0.3, 0.4) is 0 Å². The number of nitrogens with one attached hydrogen (secondary N) is 2. The van der Waals surface area contributed by atoms with Gasteiger partial charge < -0.3 is 78.1 Å². The molecule has 11 heterocycles. The largest absolute Gasteiger partial charge is 0.479 e. The summed E-state index contributed by atoms with van der Waals surface area (Å²) in [5, 5.41) is 17.3. The molecular weight excluding hydrogens is 1910 g/mol. The highest BCUT2D eigenvalue weighted by atomic mass is 79.9. The van der Waals surface area contributed by atoms with E-state index < -0.39 is 64.4 Å². The lowest BCUT2D eigenvalue weighted by molar-refractivity contribution is -0.171. The molecule has 4 aromatic heterocycles. The number of nitrogens with zero attached hydrogens (tertiary/aromatic N) is 9. The van der Waals surface area contributed by atoms with E-state index in [9.17, 15) is 29.1 Å². The topological polar surface area (TPSA) is 271 Å². The Labute approximate surface area is 889 Å². The molecule has 0 radical (unpaired) electrons. The number of aryl methyl sites for hydroxylation is 8. The second-order valence-corrected chi connectivity index (χ2v) is 51.7. The Morgan fingerprint density at radius 2 is 0.612 bits per heavy atom. The van der Waals surface area contributed by atoms with Crippen molar-refractivity contribution in [2.75, 3.05) is 91.6 Å². The predicted molar refractivity (Wildman–Crippen MR) is 597 cm³/mol. The lowest BCUT2D eigenvalue weighted by atomic mass is 9.81. The quantitative estimate of drug-likeness (QED) is 0.0420. The van der Waals surface area contributed by atoms with E-state index in [0.29, 0.717) is 29.5 Å². The molecule has 14 rings (SSSR count). The van der Waals surface area contributed by atoms with E-state index in [1.54, 1.807) is 4.90 Å². The average Bonchev–Trinajstić information content (AvgIpc) is 0.748. The summed E-state index contributed by atoms with van der Waals surface area (Å²) in [7, 11) is 0. The highest BCUT2D eigenvalue weighted by Crippen LogP contribution is 2.52. The van der Waals surface area contributed by atoms with Crippen molar-refractivity contribution in [2.45, 2.75) is 417 Å². The molecule has 0 saturated carbocycles. The van der Waals surface area contributed by atoms with E-state index in [0.717, 1.165) is 278 Å². The van der Waals surface area contributed by atoms with Gasteiger partial charge in [-0.25, -0.2) is 24.0 Å². The number of benzene rings is 3. The molecular formula is C121H180BrN11O14. The number of carboxylic acid groups (broad SMARTS) is 1. The van der Waals surface area contributed by atoms with Crippen molar-refractivity contribution in [3.05, 3.63) is 160 Å². The van der Waals surface area contributed by atoms with Gasteiger partial charge in [0.15, 0.2) is 24.4 Å². The maximum atomic E-state index is 13.8. The zero-order valence-electron chi connectivity index (χ0n) is 96.6. The maximum absolute atomic E-state index is 13.8. The molecule has 810 valence electrons. The van der Waals surface area contributed by atoms with Crippen molar-refractivity contribution in [3.63, 3.8) is 0 Å². The van der Waals surface area contributed by atoms with Crippen LogP contribution in [0.15, 0.2) is 59.1 Å². The van der Waals surface area contributed by atoms with Crippen LogP contribution in [-0.4, -0.2) is 178 Å². The summed E-state index contributed by atoms with van der Waals surface area (Å²) in [5.41, 5.74) is 26.7. The standard InChI is InChI=1S/C37H55N3O5.C32H47N3O3.C29H41N3O3.C23H37BrN2O3/c1-23(2)43-33(41)32(44-35(5,6)7)30-25(4)38-24(3)29(31(30)39-19-16-37(11,12)17-20-39)27-13-14-28-22-40(18-15-26(28)21-27)34(42)45-36(8,9)10;1-20(2)37-30(36)29(38-31(5,6)7)27-22(4)34-21(3)26(28(27)35-16-13-32(8,9)14-17-35)24-10-11-25-19-33-15-12-23(25)18-24;1-18-23(21-8-9-22-17-30-13-10-20(22)16-21)25(32-14-11-29(6,7)12-15-32)24(19(2)31-18)26(27(33)34)35-28(3,4)5;1-14(2)28-21(27)20(29-22(5,6)7)17-15(3)25-16(4)18(24)19(17)26-12-10-23(8,9)11-13-26/h13-14,21,23,32H,15-20,22H2,1-12H3;10-11,18,20,29,33H,12-17,19H2,1-9H3;8-9,16,26,30H,10-15,17H2,1-7H3,(H,33,34);14,20H,10-13H2,1-9H3/t32-;29-;26-;20-/m0000/s1. The zero-order chi connectivity index (χ0) is 109. The van der Waals surface area contributed by atoms with Gasteiger partial charge in [0, 0.05) is 157 Å². The maximum Gasteiger partial charge on any atom is 0.410 e. The number of fused-ring (bicyclic) bond motifs is 3. The Balaban J connectivity index is 0.000000188. The van der Waals surface area contributed by atoms with Crippen molar-refractivity contribution in [1.29, 1.82) is 0 Å². The molecule has 4 saturated heterocycles. The van der Waals surface area contributed by atoms with E-state index in [1.807, 2.05) is 187 Å². The van der Waals surface area contributed by atoms with Crippen molar-refractivity contribution in [3.8, 4) is 33.4 Å². The number of carbonyl (C=O) groups is 5. The zero-order valence-corrected chi connectivity index (χ0v) is 98.2. The second-order valence-electron chi connectivity index (χ2n) is 50.9. The third kappa shape index (κ3) is 31.3. The minimum atomic E-state index is -1.09. The number of amides is 1. The smallest absolute Gasteiger partial charge is 0.410 e. The SMILES string of the molecule is Cc1nc(C)c([C@H](OC(C)(C)C)C(=O)O)c(N2CCC(C)(C)CC2)c1-c1ccc2c(c1)CCNC2.Cc1nc(C)c([C@H](OC(C)(C)C)C(=O)OC(C)C)c(N2CCC(C)(C)CC2)c1-c1ccc2c(c1)CCN(C(=O)OC(C)(C)C)C2.Cc1nc(C)c([C@H](OC(C)(C)C)C(=O)OC(C)C)c(N2CCC(C)(C)CC2)c1-c1ccc2c(c1)CCNC2.Cc1nc(C)c([C@H](OC(C)(C)C)C(=O)OC(C)C)c(N2CCC(C)(C)CC2)c1Br. The first kappa shape index (κ1) is 118. The monoisotopic (exact) mass is 2090 g/mol. The van der Waals surface area contributed by atoms with E-state index in [1.165, 1.54) is 27.8 Å². The minimum Gasteiger partial charge on any atom is -0.479 e. The number of carbonyl (C=O) groups excluding carboxylic acids is 4. The number of aliphatic carboxylic acids is 1. The number of rotatable bonds is 22. The van der Waals surface area contributed by atoms with Crippen LogP contribution in [0, 0.1) is 77.0 Å². The number of esters is 3. The third-order valence-electron chi connectivity index (χ3n) is 28.8. The fourth-order valence-electron chi connectivity index (χ4n) is 20.9. The molecule has 0 spiro atoms. The number of carboxylic acids is 1. The Morgan fingerprint density at radius 1 is 0.347 bits per heavy atom. The summed E-state index contributed by atoms with van der Waals surface area (Å²) in [6.45, 7) is 87.0. The summed E-state index contributed by atoms with van der Waals surface area (Å²) >= 11 is 3.77. The Morgan fingerprint density at radius 3 is 0.898 bits per heavy atom. The molecule has 1 amide bonds. The molecule has 3 aromatic carbocycles. The highest BCUT2D eigenvalue weighted by molar-refractivity contribution is 9.10. The molecule has 26 heteroatoms. The van der Waals surface area contributed by atoms with Crippen molar-refractivity contribution >= 4 is 68.6 Å². The van der Waals surface area contributed by atoms with Gasteiger partial charge in [0.05, 0.1) is 73.6 Å². The van der Waals surface area contributed by atoms with Crippen LogP contribution >= 0.6 is 15.9 Å². The molecule has 7 aliphatic rings. The number of anilines is 4. The summed E-state index contributed by atoms with van der Waals surface area (Å²) in [5.74, 6) is -2.10. The summed E-state index contributed by atoms with van der Waals surface area (Å²) in [4.78, 5) is 97.1. The molecule has 3 N–H and O–H groups in total. The molecule has 7 aromatic rings. The Hall–Kier alpha value is -9.15. The first-order valence-electron chi connectivity index (χ1n) is 54.1. The van der Waals surface area contributed by atoms with Crippen LogP contribution < -0.4 is 30.2 Å². The summed E-state index contributed by atoms with van der Waals surface area (Å²) < 4.78 is 49.2. The molecule has 4 atom stereocenters. The van der Waals surface area contributed by atoms with E-state index >= 15 is 0 Å². The Kier molecular flexibility index (Phi) is 38.1. The predicted octanol–water partition coefficient (Wildman–Crippen LogP) is 26.0. The summed E-state index contributed by atoms with van der Waals surface area (Å²) in [6, 6.07) is 20.0. The van der Waals surface area contributed by atoms with Gasteiger partial charge in [0.2, 0.25) is 0 Å². The molecule has 147 heavy (non-hydrogen) atoms. The van der Waals surface area contributed by atoms with Gasteiger partial charge in [-0.1, -0.05) is 110 Å². The molecule has 0 aliphatic carbocycles. The normalized spacial score (nSPS) is 18.2. The molecule has 0 bridgehead atoms. The van der Waals surface area contributed by atoms with Gasteiger partial charge in [0.1, 0.15) is 5.60 Å². The molecule has 0 unspecified atom stereocenters. The molecule has 7 aliphatic heterocycles. The van der Waals surface area contributed by atoms with Crippen molar-refractivity contribution < 1.29 is 67.0 Å². The van der Waals surface area contributed by atoms with Gasteiger partial charge in [-0.3, -0.25) is 19.9 Å². The van der Waals surface area contributed by atoms with Gasteiger partial charge in [-0.15, -0.1) is 0 Å². The van der Waals surface area contributed by atoms with Crippen molar-refractivity contribution in [2.24, 2.45) is 21.7 Å². The van der Waals surface area contributed by atoms with Crippen LogP contribution in [-0.2, 0) is 96.0 Å². The summed E-state index contributed by atoms with van der Waals surface area (Å²) in [6.07, 6.45) is 6.58. The van der Waals surface area contributed by atoms with Gasteiger partial charge in [-0.05, 0) is 372 Å². The number of hydrogen-bond donors (Lipinski definition) is 3. The van der Waals surface area contributed by atoms with E-state index in [4.69, 9.17) is 57.8 Å². The fourth-order valence-corrected chi connectivity index (χ4v) is 21.5. The van der Waals surface area contributed by atoms with Gasteiger partial charge >= 0.3 is 30.0 Å². The van der Waals surface area contributed by atoms with Crippen molar-refractivity contribution in [1.82, 2.24) is 35.5 Å². The van der Waals surface area contributed by atoms with Crippen LogP contribution in [0.2, 0.25) is 0 Å². The molecule has 25 nitrogen and oxygen atoms in total. The lowest BCUT2D eigenvalue weighted by Crippen LogP contribution is -2.40. The van der Waals surface area contributed by atoms with Gasteiger partial charge in [-0.2, -0.15) is 0 Å². The highest BCUT2D eigenvalue weighted by Gasteiger charge is 2.45. The number of halogens is 1. The van der Waals surface area contributed by atoms with E-state index in [-0.39, 0.29) is 47.2 Å². The minimum absolute atomic E-state index is 0.213. The number of pyridine rings is 4. The number of ether oxygens (including phenoxy) is 8. The van der Waals surface area contributed by atoms with E-state index in [2.05, 4.69) is 170 Å². The average molecular weight is 2090 g/mol. The first-order valence-corrected chi connectivity index (χ1v) is 54.9.